The van der Waals surface area contributed by atoms with E-state index in [1.54, 1.807) is 33.8 Å². The summed E-state index contributed by atoms with van der Waals surface area (Å²) in [6.07, 6.45) is 3.71. The number of hydrogen-bond acceptors (Lipinski definition) is 5. The van der Waals surface area contributed by atoms with Crippen molar-refractivity contribution in [2.45, 2.75) is 25.3 Å². The van der Waals surface area contributed by atoms with Crippen molar-refractivity contribution in [1.29, 1.82) is 0 Å². The van der Waals surface area contributed by atoms with Gasteiger partial charge in [-0.3, -0.25) is 9.59 Å². The van der Waals surface area contributed by atoms with Crippen molar-refractivity contribution < 1.29 is 9.59 Å². The fourth-order valence-corrected chi connectivity index (χ4v) is 4.63. The smallest absolute Gasteiger partial charge is 0.247 e. The van der Waals surface area contributed by atoms with Gasteiger partial charge in [0.2, 0.25) is 11.8 Å². The molecule has 1 N–H and O–H groups in total. The van der Waals surface area contributed by atoms with E-state index in [0.29, 0.717) is 19.4 Å². The third-order valence-corrected chi connectivity index (χ3v) is 6.31. The second kappa shape index (κ2) is 8.02. The van der Waals surface area contributed by atoms with E-state index in [0.717, 1.165) is 27.6 Å². The number of carbonyl (C=O) groups excluding carboxylic acids is 2. The van der Waals surface area contributed by atoms with Gasteiger partial charge in [-0.2, -0.15) is 0 Å². The van der Waals surface area contributed by atoms with Crippen molar-refractivity contribution in [2.75, 3.05) is 11.9 Å². The van der Waals surface area contributed by atoms with E-state index >= 15 is 0 Å². The first-order chi connectivity index (χ1) is 13.2. The van der Waals surface area contributed by atoms with E-state index < -0.39 is 6.04 Å². The summed E-state index contributed by atoms with van der Waals surface area (Å²) < 4.78 is 0. The van der Waals surface area contributed by atoms with Crippen LogP contribution in [0.4, 0.5) is 5.69 Å². The van der Waals surface area contributed by atoms with Crippen LogP contribution in [0.25, 0.3) is 10.6 Å². The Morgan fingerprint density at radius 1 is 1.15 bits per heavy atom. The highest BCUT2D eigenvalue weighted by molar-refractivity contribution is 7.13. The molecule has 138 valence electrons. The molecule has 0 spiro atoms. The lowest BCUT2D eigenvalue weighted by Gasteiger charge is -2.24. The van der Waals surface area contributed by atoms with Crippen LogP contribution < -0.4 is 5.32 Å². The van der Waals surface area contributed by atoms with Crippen LogP contribution in [0.15, 0.2) is 53.4 Å². The molecule has 0 radical (unpaired) electrons. The maximum absolute atomic E-state index is 12.7. The zero-order chi connectivity index (χ0) is 18.6. The Morgan fingerprint density at radius 2 is 2.00 bits per heavy atom. The molecule has 1 unspecified atom stereocenters. The first-order valence-electron chi connectivity index (χ1n) is 8.83. The fourth-order valence-electron chi connectivity index (χ4n) is 3.29. The van der Waals surface area contributed by atoms with Gasteiger partial charge in [0.25, 0.3) is 0 Å². The molecule has 4 rings (SSSR count). The van der Waals surface area contributed by atoms with Gasteiger partial charge in [-0.1, -0.05) is 6.07 Å². The number of nitrogens with zero attached hydrogens (tertiary/aromatic N) is 2. The number of likely N-dealkylation sites (tertiary alicyclic amines) is 1. The van der Waals surface area contributed by atoms with Crippen LogP contribution >= 0.6 is 22.7 Å². The average Bonchev–Trinajstić information content (AvgIpc) is 3.43. The Kier molecular flexibility index (Phi) is 5.31. The van der Waals surface area contributed by atoms with E-state index in [2.05, 4.69) is 10.3 Å². The largest absolute Gasteiger partial charge is 0.330 e. The lowest BCUT2D eigenvalue weighted by molar-refractivity contribution is -0.136. The predicted octanol–water partition coefficient (Wildman–Crippen LogP) is 4.04. The minimum Gasteiger partial charge on any atom is -0.330 e. The van der Waals surface area contributed by atoms with E-state index in [1.807, 2.05) is 47.2 Å². The molecule has 2 aromatic heterocycles. The first-order valence-corrected chi connectivity index (χ1v) is 10.6. The number of anilines is 1. The second-order valence-corrected chi connectivity index (χ2v) is 8.33. The Labute approximate surface area is 165 Å². The normalized spacial score (nSPS) is 16.4. The van der Waals surface area contributed by atoms with E-state index in [-0.39, 0.29) is 11.8 Å². The molecular formula is C20H19N3O2S2. The van der Waals surface area contributed by atoms with Gasteiger partial charge in [0.05, 0.1) is 6.42 Å². The Bertz CT molecular complexity index is 905. The molecule has 1 aromatic carbocycles. The monoisotopic (exact) mass is 397 g/mol. The summed E-state index contributed by atoms with van der Waals surface area (Å²) >= 11 is 3.15. The van der Waals surface area contributed by atoms with Gasteiger partial charge < -0.3 is 10.2 Å². The number of aromatic nitrogens is 1. The molecule has 1 fully saturated rings. The van der Waals surface area contributed by atoms with E-state index in [9.17, 15) is 9.59 Å². The van der Waals surface area contributed by atoms with Crippen LogP contribution in [0.5, 0.6) is 0 Å². The van der Waals surface area contributed by atoms with Gasteiger partial charge in [0.15, 0.2) is 0 Å². The molecule has 5 nitrogen and oxygen atoms in total. The highest BCUT2D eigenvalue weighted by Crippen LogP contribution is 2.25. The van der Waals surface area contributed by atoms with Gasteiger partial charge in [-0.05, 0) is 48.6 Å². The molecule has 7 heteroatoms. The number of benzene rings is 1. The summed E-state index contributed by atoms with van der Waals surface area (Å²) in [7, 11) is 0. The minimum absolute atomic E-state index is 0.0224. The lowest BCUT2D eigenvalue weighted by Crippen LogP contribution is -2.43. The topological polar surface area (TPSA) is 62.3 Å². The number of rotatable bonds is 5. The van der Waals surface area contributed by atoms with Gasteiger partial charge in [-0.15, -0.1) is 22.7 Å². The van der Waals surface area contributed by atoms with Crippen molar-refractivity contribution in [3.8, 4) is 10.6 Å². The quantitative estimate of drug-likeness (QED) is 0.707. The van der Waals surface area contributed by atoms with Crippen LogP contribution in [0.3, 0.4) is 0 Å². The Morgan fingerprint density at radius 3 is 2.70 bits per heavy atom. The van der Waals surface area contributed by atoms with E-state index in [1.165, 1.54) is 0 Å². The molecule has 3 heterocycles. The number of amides is 2. The molecule has 1 aliphatic heterocycles. The Balaban J connectivity index is 1.40. The summed E-state index contributed by atoms with van der Waals surface area (Å²) in [5, 5.41) is 7.81. The summed E-state index contributed by atoms with van der Waals surface area (Å²) in [6.45, 7) is 0.644. The summed E-state index contributed by atoms with van der Waals surface area (Å²) in [5.41, 5.74) is 1.76. The molecule has 0 aliphatic carbocycles. The zero-order valence-electron chi connectivity index (χ0n) is 14.6. The highest BCUT2D eigenvalue weighted by atomic mass is 32.1. The number of nitrogens with one attached hydrogen (secondary N) is 1. The van der Waals surface area contributed by atoms with Crippen molar-refractivity contribution in [2.24, 2.45) is 0 Å². The SMILES string of the molecule is O=C(Nc1ccc(-c2nccs2)cc1)C1CCCN1C(=O)Cc1cccs1. The number of carbonyl (C=O) groups is 2. The van der Waals surface area contributed by atoms with Gasteiger partial charge in [0, 0.05) is 34.2 Å². The second-order valence-electron chi connectivity index (χ2n) is 6.41. The molecule has 27 heavy (non-hydrogen) atoms. The van der Waals surface area contributed by atoms with Crippen molar-refractivity contribution in [3.05, 3.63) is 58.2 Å². The van der Waals surface area contributed by atoms with Crippen LogP contribution in [-0.2, 0) is 16.0 Å². The Hall–Kier alpha value is -2.51. The molecule has 0 bridgehead atoms. The third-order valence-electron chi connectivity index (χ3n) is 4.61. The summed E-state index contributed by atoms with van der Waals surface area (Å²) in [4.78, 5) is 32.4. The maximum Gasteiger partial charge on any atom is 0.247 e. The molecule has 1 aliphatic rings. The van der Waals surface area contributed by atoms with E-state index in [4.69, 9.17) is 0 Å². The zero-order valence-corrected chi connectivity index (χ0v) is 16.3. The van der Waals surface area contributed by atoms with Crippen molar-refractivity contribution in [1.82, 2.24) is 9.88 Å². The van der Waals surface area contributed by atoms with Gasteiger partial charge in [0.1, 0.15) is 11.0 Å². The molecule has 1 saturated heterocycles. The molecular weight excluding hydrogens is 378 g/mol. The summed E-state index contributed by atoms with van der Waals surface area (Å²) in [6, 6.07) is 11.2. The molecule has 3 aromatic rings. The fraction of sp³-hybridized carbons (Fsp3) is 0.250. The molecule has 2 amide bonds. The number of thiophene rings is 1. The standard InChI is InChI=1S/C20H19N3O2S2/c24-18(13-16-3-2-11-26-16)23-10-1-4-17(23)19(25)22-15-7-5-14(6-8-15)20-21-9-12-27-20/h2-3,5-9,11-12,17H,1,4,10,13H2,(H,22,25). The predicted molar refractivity (Wildman–Crippen MR) is 109 cm³/mol. The van der Waals surface area contributed by atoms with Gasteiger partial charge >= 0.3 is 0 Å². The highest BCUT2D eigenvalue weighted by Gasteiger charge is 2.34. The molecule has 1 atom stereocenters. The van der Waals surface area contributed by atoms with Crippen LogP contribution in [0.2, 0.25) is 0 Å². The average molecular weight is 398 g/mol. The maximum atomic E-state index is 12.7. The van der Waals surface area contributed by atoms with Crippen LogP contribution in [0.1, 0.15) is 17.7 Å². The molecule has 0 saturated carbocycles. The van der Waals surface area contributed by atoms with Crippen molar-refractivity contribution >= 4 is 40.2 Å². The minimum atomic E-state index is -0.392. The van der Waals surface area contributed by atoms with Gasteiger partial charge in [-0.25, -0.2) is 4.98 Å². The van der Waals surface area contributed by atoms with Crippen molar-refractivity contribution in [3.63, 3.8) is 0 Å². The number of thiazole rings is 1. The number of hydrogen-bond donors (Lipinski definition) is 1. The third kappa shape index (κ3) is 4.09. The first kappa shape index (κ1) is 17.9. The lowest BCUT2D eigenvalue weighted by atomic mass is 10.1. The van der Waals surface area contributed by atoms with Crippen LogP contribution in [0, 0.1) is 0 Å². The summed E-state index contributed by atoms with van der Waals surface area (Å²) in [5.74, 6) is -0.0942. The van der Waals surface area contributed by atoms with Crippen LogP contribution in [-0.4, -0.2) is 34.3 Å².